The van der Waals surface area contributed by atoms with E-state index in [0.29, 0.717) is 26.6 Å². The Bertz CT molecular complexity index is 982. The van der Waals surface area contributed by atoms with E-state index in [9.17, 15) is 14.0 Å². The summed E-state index contributed by atoms with van der Waals surface area (Å²) in [4.78, 5) is 24.3. The third kappa shape index (κ3) is 3.00. The van der Waals surface area contributed by atoms with Crippen LogP contribution in [-0.4, -0.2) is 16.4 Å². The normalized spacial score (nSPS) is 10.8. The van der Waals surface area contributed by atoms with Crippen molar-refractivity contribution < 1.29 is 14.0 Å². The number of anilines is 1. The third-order valence-electron chi connectivity index (χ3n) is 3.53. The van der Waals surface area contributed by atoms with Crippen molar-refractivity contribution in [3.05, 3.63) is 64.0 Å². The van der Waals surface area contributed by atoms with Gasteiger partial charge in [0.15, 0.2) is 0 Å². The van der Waals surface area contributed by atoms with Crippen LogP contribution in [0.3, 0.4) is 0 Å². The lowest BCUT2D eigenvalue weighted by atomic mass is 10.1. The largest absolute Gasteiger partial charge is 0.322 e. The molecule has 0 bridgehead atoms. The van der Waals surface area contributed by atoms with Gasteiger partial charge in [0.05, 0.1) is 21.1 Å². The van der Waals surface area contributed by atoms with Gasteiger partial charge in [-0.3, -0.25) is 14.2 Å². The molecule has 0 unspecified atom stereocenters. The highest BCUT2D eigenvalue weighted by Crippen LogP contribution is 2.27. The maximum atomic E-state index is 13.6. The molecule has 0 spiro atoms. The highest BCUT2D eigenvalue weighted by Gasteiger charge is 2.18. The number of amides is 1. The molecule has 0 saturated heterocycles. The number of fused-ring (bicyclic) bond motifs is 1. The smallest absolute Gasteiger partial charge is 0.257 e. The molecule has 0 fully saturated rings. The van der Waals surface area contributed by atoms with E-state index in [1.54, 1.807) is 12.1 Å². The van der Waals surface area contributed by atoms with E-state index >= 15 is 0 Å². The fraction of sp³-hybridized carbons (Fsp3) is 0.0588. The lowest BCUT2D eigenvalue weighted by molar-refractivity contribution is 0.0941. The minimum atomic E-state index is -0.493. The van der Waals surface area contributed by atoms with Gasteiger partial charge in [0, 0.05) is 24.2 Å². The number of aromatic nitrogens is 1. The molecule has 1 heterocycles. The van der Waals surface area contributed by atoms with Crippen molar-refractivity contribution in [2.24, 2.45) is 0 Å². The van der Waals surface area contributed by atoms with Crippen molar-refractivity contribution in [2.45, 2.75) is 6.92 Å². The van der Waals surface area contributed by atoms with Gasteiger partial charge >= 0.3 is 0 Å². The molecule has 1 N–H and O–H groups in total. The first-order valence-corrected chi connectivity index (χ1v) is 7.70. The van der Waals surface area contributed by atoms with E-state index in [0.717, 1.165) is 0 Å². The molecule has 1 amide bonds. The summed E-state index contributed by atoms with van der Waals surface area (Å²) >= 11 is 11.8. The third-order valence-corrected chi connectivity index (χ3v) is 4.27. The van der Waals surface area contributed by atoms with E-state index < -0.39 is 11.7 Å². The van der Waals surface area contributed by atoms with Gasteiger partial charge < -0.3 is 5.32 Å². The van der Waals surface area contributed by atoms with Crippen molar-refractivity contribution in [2.75, 3.05) is 5.32 Å². The van der Waals surface area contributed by atoms with Gasteiger partial charge in [0.25, 0.3) is 5.91 Å². The van der Waals surface area contributed by atoms with Crippen LogP contribution in [0, 0.1) is 5.82 Å². The maximum Gasteiger partial charge on any atom is 0.257 e. The zero-order chi connectivity index (χ0) is 17.4. The summed E-state index contributed by atoms with van der Waals surface area (Å²) in [6.45, 7) is 1.36. The molecule has 0 radical (unpaired) electrons. The van der Waals surface area contributed by atoms with Gasteiger partial charge in [-0.15, -0.1) is 0 Å². The number of hydrogen-bond acceptors (Lipinski definition) is 2. The first-order chi connectivity index (χ1) is 11.4. The Morgan fingerprint density at radius 1 is 1.08 bits per heavy atom. The van der Waals surface area contributed by atoms with Gasteiger partial charge in [-0.25, -0.2) is 4.39 Å². The van der Waals surface area contributed by atoms with Crippen LogP contribution in [0.15, 0.2) is 42.6 Å². The van der Waals surface area contributed by atoms with E-state index in [4.69, 9.17) is 23.2 Å². The standard InChI is InChI=1S/C17H11Cl2FN2O2/c1-9(23)22-8-13(12-6-10(20)2-5-16(12)22)17(24)21-11-3-4-14(18)15(19)7-11/h2-8H,1H3,(H,21,24). The quantitative estimate of drug-likeness (QED) is 0.695. The van der Waals surface area contributed by atoms with Gasteiger partial charge in [-0.2, -0.15) is 0 Å². The molecule has 2 aromatic carbocycles. The van der Waals surface area contributed by atoms with Crippen LogP contribution in [-0.2, 0) is 0 Å². The fourth-order valence-corrected chi connectivity index (χ4v) is 2.71. The van der Waals surface area contributed by atoms with Crippen molar-refractivity contribution in [3.8, 4) is 0 Å². The first kappa shape index (κ1) is 16.5. The Balaban J connectivity index is 2.04. The number of rotatable bonds is 2. The van der Waals surface area contributed by atoms with E-state index in [2.05, 4.69) is 5.32 Å². The number of benzene rings is 2. The van der Waals surface area contributed by atoms with Gasteiger partial charge in [0.1, 0.15) is 5.82 Å². The minimum Gasteiger partial charge on any atom is -0.322 e. The summed E-state index contributed by atoms with van der Waals surface area (Å²) in [6.07, 6.45) is 1.39. The number of carbonyl (C=O) groups excluding carboxylic acids is 2. The van der Waals surface area contributed by atoms with Crippen LogP contribution >= 0.6 is 23.2 Å². The van der Waals surface area contributed by atoms with E-state index in [1.165, 1.54) is 42.0 Å². The molecule has 3 rings (SSSR count). The summed E-state index contributed by atoms with van der Waals surface area (Å²) in [6, 6.07) is 8.57. The molecule has 0 saturated carbocycles. The summed E-state index contributed by atoms with van der Waals surface area (Å²) in [5.41, 5.74) is 1.09. The minimum absolute atomic E-state index is 0.186. The summed E-state index contributed by atoms with van der Waals surface area (Å²) in [5.74, 6) is -1.25. The Morgan fingerprint density at radius 3 is 2.50 bits per heavy atom. The zero-order valence-electron chi connectivity index (χ0n) is 12.4. The monoisotopic (exact) mass is 364 g/mol. The lowest BCUT2D eigenvalue weighted by Gasteiger charge is -2.05. The molecule has 1 aromatic heterocycles. The second-order valence-corrected chi connectivity index (χ2v) is 5.99. The predicted molar refractivity (Wildman–Crippen MR) is 92.6 cm³/mol. The van der Waals surface area contributed by atoms with Crippen LogP contribution < -0.4 is 5.32 Å². The number of carbonyl (C=O) groups is 2. The first-order valence-electron chi connectivity index (χ1n) is 6.95. The van der Waals surface area contributed by atoms with Gasteiger partial charge in [-0.1, -0.05) is 23.2 Å². The Labute approximate surface area is 146 Å². The van der Waals surface area contributed by atoms with Crippen molar-refractivity contribution in [3.63, 3.8) is 0 Å². The zero-order valence-corrected chi connectivity index (χ0v) is 14.0. The molecule has 0 aliphatic rings. The molecule has 0 aliphatic carbocycles. The highest BCUT2D eigenvalue weighted by molar-refractivity contribution is 6.42. The maximum absolute atomic E-state index is 13.6. The average Bonchev–Trinajstić information content (AvgIpc) is 2.90. The number of halogens is 3. The molecule has 24 heavy (non-hydrogen) atoms. The molecular weight excluding hydrogens is 354 g/mol. The average molecular weight is 365 g/mol. The predicted octanol–water partition coefficient (Wildman–Crippen LogP) is 5.00. The molecule has 3 aromatic rings. The Morgan fingerprint density at radius 2 is 1.83 bits per heavy atom. The topological polar surface area (TPSA) is 51.1 Å². The van der Waals surface area contributed by atoms with Gasteiger partial charge in [-0.05, 0) is 36.4 Å². The second kappa shape index (κ2) is 6.26. The van der Waals surface area contributed by atoms with E-state index in [1.807, 2.05) is 0 Å². The molecule has 4 nitrogen and oxygen atoms in total. The van der Waals surface area contributed by atoms with Crippen molar-refractivity contribution in [1.82, 2.24) is 4.57 Å². The summed E-state index contributed by atoms with van der Waals surface area (Å²) < 4.78 is 14.9. The molecule has 0 aliphatic heterocycles. The van der Waals surface area contributed by atoms with Crippen LogP contribution in [0.4, 0.5) is 10.1 Å². The Kier molecular flexibility index (Phi) is 4.30. The molecular formula is C17H11Cl2FN2O2. The van der Waals surface area contributed by atoms with E-state index in [-0.39, 0.29) is 11.5 Å². The highest BCUT2D eigenvalue weighted by atomic mass is 35.5. The molecule has 0 atom stereocenters. The molecule has 122 valence electrons. The number of hydrogen-bond donors (Lipinski definition) is 1. The summed E-state index contributed by atoms with van der Waals surface area (Å²) in [5, 5.41) is 3.67. The lowest BCUT2D eigenvalue weighted by Crippen LogP contribution is -2.12. The van der Waals surface area contributed by atoms with Crippen molar-refractivity contribution in [1.29, 1.82) is 0 Å². The van der Waals surface area contributed by atoms with Crippen LogP contribution in [0.1, 0.15) is 22.1 Å². The van der Waals surface area contributed by atoms with Crippen molar-refractivity contribution >= 4 is 51.6 Å². The summed E-state index contributed by atoms with van der Waals surface area (Å²) in [7, 11) is 0. The SMILES string of the molecule is CC(=O)n1cc(C(=O)Nc2ccc(Cl)c(Cl)c2)c2cc(F)ccc21. The van der Waals surface area contributed by atoms with Crippen LogP contribution in [0.5, 0.6) is 0 Å². The number of nitrogens with one attached hydrogen (secondary N) is 1. The fourth-order valence-electron chi connectivity index (χ4n) is 2.42. The molecule has 7 heteroatoms. The van der Waals surface area contributed by atoms with Gasteiger partial charge in [0.2, 0.25) is 5.91 Å². The number of nitrogens with zero attached hydrogens (tertiary/aromatic N) is 1. The Hall–Kier alpha value is -2.37. The second-order valence-electron chi connectivity index (χ2n) is 5.18. The van der Waals surface area contributed by atoms with Crippen LogP contribution in [0.2, 0.25) is 10.0 Å². The van der Waals surface area contributed by atoms with Crippen LogP contribution in [0.25, 0.3) is 10.9 Å².